The van der Waals surface area contributed by atoms with E-state index in [4.69, 9.17) is 10.2 Å². The Morgan fingerprint density at radius 1 is 1.29 bits per heavy atom. The van der Waals surface area contributed by atoms with Gasteiger partial charge in [0.05, 0.1) is 13.7 Å². The summed E-state index contributed by atoms with van der Waals surface area (Å²) in [6.07, 6.45) is 0. The maximum atomic E-state index is 11.3. The van der Waals surface area contributed by atoms with E-state index in [9.17, 15) is 9.59 Å². The van der Waals surface area contributed by atoms with Gasteiger partial charge in [0, 0.05) is 11.3 Å². The molecule has 0 fully saturated rings. The first-order chi connectivity index (χ1) is 10.0. The second-order valence-electron chi connectivity index (χ2n) is 4.45. The molecule has 0 aliphatic heterocycles. The van der Waals surface area contributed by atoms with Crippen molar-refractivity contribution in [3.8, 4) is 0 Å². The second kappa shape index (κ2) is 6.13. The number of primary amides is 1. The largest absolute Gasteiger partial charge is 0.463 e. The van der Waals surface area contributed by atoms with Crippen LogP contribution in [0.1, 0.15) is 32.2 Å². The zero-order valence-electron chi connectivity index (χ0n) is 11.8. The average Bonchev–Trinajstić information content (AvgIpc) is 2.94. The summed E-state index contributed by atoms with van der Waals surface area (Å²) in [6, 6.07) is 8.50. The van der Waals surface area contributed by atoms with Crippen molar-refractivity contribution < 1.29 is 18.7 Å². The standard InChI is InChI=1S/C15H16N2O4/c1-9-11(14(16)18)4-3-5-12(9)17-8-10-6-7-13(21-10)15(19)20-2/h3-7,17H,8H2,1-2H3,(H2,16,18). The van der Waals surface area contributed by atoms with Gasteiger partial charge in [0.2, 0.25) is 11.7 Å². The van der Waals surface area contributed by atoms with Crippen molar-refractivity contribution in [2.24, 2.45) is 5.73 Å². The lowest BCUT2D eigenvalue weighted by molar-refractivity contribution is 0.0563. The average molecular weight is 288 g/mol. The normalized spacial score (nSPS) is 10.2. The number of benzene rings is 1. The van der Waals surface area contributed by atoms with E-state index < -0.39 is 11.9 Å². The molecule has 21 heavy (non-hydrogen) atoms. The maximum Gasteiger partial charge on any atom is 0.373 e. The Bertz CT molecular complexity index is 676. The predicted molar refractivity (Wildman–Crippen MR) is 77.1 cm³/mol. The minimum absolute atomic E-state index is 0.150. The lowest BCUT2D eigenvalue weighted by atomic mass is 10.1. The first-order valence-corrected chi connectivity index (χ1v) is 6.33. The molecule has 0 atom stereocenters. The zero-order chi connectivity index (χ0) is 15.4. The Kier molecular flexibility index (Phi) is 4.27. The molecule has 1 amide bonds. The number of esters is 1. The van der Waals surface area contributed by atoms with Gasteiger partial charge in [0.1, 0.15) is 5.76 Å². The topological polar surface area (TPSA) is 94.6 Å². The fraction of sp³-hybridized carbons (Fsp3) is 0.200. The van der Waals surface area contributed by atoms with Crippen LogP contribution in [0.4, 0.5) is 5.69 Å². The molecule has 2 aromatic rings. The molecule has 1 aromatic heterocycles. The summed E-state index contributed by atoms with van der Waals surface area (Å²) >= 11 is 0. The quantitative estimate of drug-likeness (QED) is 0.821. The smallest absolute Gasteiger partial charge is 0.373 e. The van der Waals surface area contributed by atoms with E-state index >= 15 is 0 Å². The summed E-state index contributed by atoms with van der Waals surface area (Å²) in [6.45, 7) is 2.19. The van der Waals surface area contributed by atoms with Gasteiger partial charge in [0.15, 0.2) is 0 Å². The van der Waals surface area contributed by atoms with Crippen LogP contribution in [0.15, 0.2) is 34.7 Å². The van der Waals surface area contributed by atoms with Gasteiger partial charge in [0.25, 0.3) is 0 Å². The summed E-state index contributed by atoms with van der Waals surface area (Å²) < 4.78 is 9.92. The lowest BCUT2D eigenvalue weighted by Crippen LogP contribution is -2.13. The Balaban J connectivity index is 2.10. The molecule has 6 nitrogen and oxygen atoms in total. The summed E-state index contributed by atoms with van der Waals surface area (Å²) in [5.74, 6) is -0.258. The highest BCUT2D eigenvalue weighted by Gasteiger charge is 2.12. The molecule has 0 unspecified atom stereocenters. The Morgan fingerprint density at radius 3 is 2.71 bits per heavy atom. The van der Waals surface area contributed by atoms with Gasteiger partial charge in [-0.3, -0.25) is 4.79 Å². The van der Waals surface area contributed by atoms with Crippen molar-refractivity contribution in [2.75, 3.05) is 12.4 Å². The van der Waals surface area contributed by atoms with E-state index in [0.717, 1.165) is 11.3 Å². The van der Waals surface area contributed by atoms with Gasteiger partial charge in [-0.1, -0.05) is 6.07 Å². The second-order valence-corrected chi connectivity index (χ2v) is 4.45. The van der Waals surface area contributed by atoms with Gasteiger partial charge in [-0.2, -0.15) is 0 Å². The number of amides is 1. The third-order valence-corrected chi connectivity index (χ3v) is 3.10. The summed E-state index contributed by atoms with van der Waals surface area (Å²) in [5.41, 5.74) is 7.32. The molecule has 0 saturated carbocycles. The zero-order valence-corrected chi connectivity index (χ0v) is 11.8. The van der Waals surface area contributed by atoms with Crippen LogP contribution in [0.3, 0.4) is 0 Å². The number of anilines is 1. The molecule has 0 aliphatic rings. The first kappa shape index (κ1) is 14.6. The van der Waals surface area contributed by atoms with Crippen molar-refractivity contribution in [1.82, 2.24) is 0 Å². The molecular formula is C15H16N2O4. The van der Waals surface area contributed by atoms with E-state index in [1.807, 2.05) is 13.0 Å². The fourth-order valence-electron chi connectivity index (χ4n) is 1.96. The van der Waals surface area contributed by atoms with Crippen molar-refractivity contribution in [3.05, 3.63) is 53.0 Å². The SMILES string of the molecule is COC(=O)c1ccc(CNc2cccc(C(N)=O)c2C)o1. The molecule has 6 heteroatoms. The van der Waals surface area contributed by atoms with Crippen LogP contribution < -0.4 is 11.1 Å². The van der Waals surface area contributed by atoms with Gasteiger partial charge in [-0.15, -0.1) is 0 Å². The molecule has 0 bridgehead atoms. The number of carbonyl (C=O) groups excluding carboxylic acids is 2. The lowest BCUT2D eigenvalue weighted by Gasteiger charge is -2.10. The Hall–Kier alpha value is -2.76. The molecule has 1 heterocycles. The number of rotatable bonds is 5. The van der Waals surface area contributed by atoms with Crippen molar-refractivity contribution in [2.45, 2.75) is 13.5 Å². The molecule has 0 saturated heterocycles. The highest BCUT2D eigenvalue weighted by Crippen LogP contribution is 2.20. The number of carbonyl (C=O) groups is 2. The van der Waals surface area contributed by atoms with Crippen LogP contribution in [0.2, 0.25) is 0 Å². The molecule has 3 N–H and O–H groups in total. The Morgan fingerprint density at radius 2 is 2.05 bits per heavy atom. The van der Waals surface area contributed by atoms with Crippen LogP contribution in [-0.4, -0.2) is 19.0 Å². The van der Waals surface area contributed by atoms with Crippen molar-refractivity contribution in [3.63, 3.8) is 0 Å². The fourth-order valence-corrected chi connectivity index (χ4v) is 1.96. The Labute approximate surface area is 121 Å². The predicted octanol–water partition coefficient (Wildman–Crippen LogP) is 2.09. The number of hydrogen-bond acceptors (Lipinski definition) is 5. The minimum atomic E-state index is -0.520. The third-order valence-electron chi connectivity index (χ3n) is 3.10. The van der Waals surface area contributed by atoms with Crippen LogP contribution in [-0.2, 0) is 11.3 Å². The van der Waals surface area contributed by atoms with E-state index in [-0.39, 0.29) is 5.76 Å². The number of furan rings is 1. The molecule has 0 spiro atoms. The number of hydrogen-bond donors (Lipinski definition) is 2. The molecule has 110 valence electrons. The number of nitrogens with two attached hydrogens (primary N) is 1. The highest BCUT2D eigenvalue weighted by molar-refractivity contribution is 5.95. The van der Waals surface area contributed by atoms with Crippen LogP contribution in [0.25, 0.3) is 0 Å². The van der Waals surface area contributed by atoms with Crippen LogP contribution in [0, 0.1) is 6.92 Å². The molecular weight excluding hydrogens is 272 g/mol. The van der Waals surface area contributed by atoms with Crippen LogP contribution >= 0.6 is 0 Å². The monoisotopic (exact) mass is 288 g/mol. The van der Waals surface area contributed by atoms with E-state index in [2.05, 4.69) is 10.1 Å². The van der Waals surface area contributed by atoms with E-state index in [1.54, 1.807) is 24.3 Å². The molecule has 0 aliphatic carbocycles. The van der Waals surface area contributed by atoms with Crippen molar-refractivity contribution >= 4 is 17.6 Å². The van der Waals surface area contributed by atoms with E-state index in [0.29, 0.717) is 17.9 Å². The summed E-state index contributed by atoms with van der Waals surface area (Å²) in [7, 11) is 1.29. The van der Waals surface area contributed by atoms with E-state index in [1.165, 1.54) is 7.11 Å². The van der Waals surface area contributed by atoms with Crippen LogP contribution in [0.5, 0.6) is 0 Å². The van der Waals surface area contributed by atoms with Gasteiger partial charge in [-0.25, -0.2) is 4.79 Å². The number of ether oxygens (including phenoxy) is 1. The molecule has 0 radical (unpaired) electrons. The number of nitrogens with one attached hydrogen (secondary N) is 1. The molecule has 2 rings (SSSR count). The summed E-state index contributed by atoms with van der Waals surface area (Å²) in [4.78, 5) is 22.6. The maximum absolute atomic E-state index is 11.3. The number of methoxy groups -OCH3 is 1. The molecule has 1 aromatic carbocycles. The minimum Gasteiger partial charge on any atom is -0.463 e. The third kappa shape index (κ3) is 3.22. The highest BCUT2D eigenvalue weighted by atomic mass is 16.5. The first-order valence-electron chi connectivity index (χ1n) is 6.33. The van der Waals surface area contributed by atoms with Crippen molar-refractivity contribution in [1.29, 1.82) is 0 Å². The summed E-state index contributed by atoms with van der Waals surface area (Å²) in [5, 5.41) is 3.14. The van der Waals surface area contributed by atoms with Gasteiger partial charge in [-0.05, 0) is 36.8 Å². The van der Waals surface area contributed by atoms with Gasteiger partial charge >= 0.3 is 5.97 Å². The van der Waals surface area contributed by atoms with Gasteiger partial charge < -0.3 is 20.2 Å².